The number of amides is 1. The maximum Gasteiger partial charge on any atom is 0.405 e. The van der Waals surface area contributed by atoms with Crippen molar-refractivity contribution in [2.45, 2.75) is 31.6 Å². The summed E-state index contributed by atoms with van der Waals surface area (Å²) < 4.78 is 39.1. The fraction of sp³-hybridized carbons (Fsp3) is 0.533. The van der Waals surface area contributed by atoms with Crippen LogP contribution in [0.4, 0.5) is 13.2 Å². The summed E-state index contributed by atoms with van der Waals surface area (Å²) in [6, 6.07) is 7.16. The van der Waals surface area contributed by atoms with Gasteiger partial charge < -0.3 is 4.90 Å². The van der Waals surface area contributed by atoms with Gasteiger partial charge in [-0.05, 0) is 19.5 Å². The molecule has 1 aromatic rings. The van der Waals surface area contributed by atoms with Crippen LogP contribution in [-0.4, -0.2) is 54.1 Å². The lowest BCUT2D eigenvalue weighted by atomic mass is 10.1. The van der Waals surface area contributed by atoms with E-state index in [-0.39, 0.29) is 24.9 Å². The normalized spacial score (nSPS) is 24.1. The highest BCUT2D eigenvalue weighted by molar-refractivity contribution is 5.79. The van der Waals surface area contributed by atoms with Gasteiger partial charge in [0.05, 0.1) is 6.42 Å². The molecule has 1 aliphatic rings. The molecule has 3 nitrogen and oxygen atoms in total. The first-order valence-electron chi connectivity index (χ1n) is 6.89. The third-order valence-electron chi connectivity index (χ3n) is 3.99. The van der Waals surface area contributed by atoms with E-state index in [2.05, 4.69) is 0 Å². The molecule has 21 heavy (non-hydrogen) atoms. The molecule has 1 aliphatic heterocycles. The molecule has 0 bridgehead atoms. The molecule has 2 atom stereocenters. The zero-order valence-corrected chi connectivity index (χ0v) is 12.1. The van der Waals surface area contributed by atoms with Crippen LogP contribution in [0.25, 0.3) is 0 Å². The minimum absolute atomic E-state index is 0.141. The first-order chi connectivity index (χ1) is 9.79. The van der Waals surface area contributed by atoms with Crippen molar-refractivity contribution in [1.82, 2.24) is 9.80 Å². The van der Waals surface area contributed by atoms with Gasteiger partial charge >= 0.3 is 6.18 Å². The van der Waals surface area contributed by atoms with E-state index in [1.54, 1.807) is 19.1 Å². The zero-order chi connectivity index (χ0) is 15.6. The van der Waals surface area contributed by atoms with Gasteiger partial charge in [0, 0.05) is 19.1 Å². The van der Waals surface area contributed by atoms with Gasteiger partial charge in [0.15, 0.2) is 0 Å². The molecular weight excluding hydrogens is 281 g/mol. The first kappa shape index (κ1) is 15.8. The summed E-state index contributed by atoms with van der Waals surface area (Å²) in [5.74, 6) is -0.254. The second-order valence-corrected chi connectivity index (χ2v) is 5.53. The fourth-order valence-corrected chi connectivity index (χ4v) is 2.59. The molecule has 1 aromatic carbocycles. The van der Waals surface area contributed by atoms with Crippen molar-refractivity contribution < 1.29 is 18.0 Å². The lowest BCUT2D eigenvalue weighted by Gasteiger charge is -2.44. The zero-order valence-electron chi connectivity index (χ0n) is 12.1. The Labute approximate surface area is 122 Å². The SMILES string of the molecule is CC1CN(C(=O)Cc2ccccc2)CC(C(F)(F)F)N1C. The number of benzene rings is 1. The lowest BCUT2D eigenvalue weighted by Crippen LogP contribution is -2.62. The number of alkyl halides is 3. The van der Waals surface area contributed by atoms with Crippen LogP contribution in [0.15, 0.2) is 30.3 Å². The van der Waals surface area contributed by atoms with Crippen LogP contribution in [0.5, 0.6) is 0 Å². The Morgan fingerprint density at radius 2 is 1.86 bits per heavy atom. The maximum atomic E-state index is 13.0. The van der Waals surface area contributed by atoms with Crippen molar-refractivity contribution in [3.05, 3.63) is 35.9 Å². The number of hydrogen-bond donors (Lipinski definition) is 0. The third kappa shape index (κ3) is 3.75. The Morgan fingerprint density at radius 3 is 2.43 bits per heavy atom. The molecule has 0 radical (unpaired) electrons. The monoisotopic (exact) mass is 300 g/mol. The molecule has 0 aromatic heterocycles. The van der Waals surface area contributed by atoms with Crippen molar-refractivity contribution in [2.75, 3.05) is 20.1 Å². The molecule has 0 saturated carbocycles. The Morgan fingerprint density at radius 1 is 1.24 bits per heavy atom. The molecule has 116 valence electrons. The van der Waals surface area contributed by atoms with E-state index < -0.39 is 12.2 Å². The predicted molar refractivity (Wildman–Crippen MR) is 73.8 cm³/mol. The van der Waals surface area contributed by atoms with E-state index in [1.807, 2.05) is 18.2 Å². The highest BCUT2D eigenvalue weighted by Crippen LogP contribution is 2.29. The van der Waals surface area contributed by atoms with Gasteiger partial charge in [0.25, 0.3) is 0 Å². The molecule has 0 N–H and O–H groups in total. The second-order valence-electron chi connectivity index (χ2n) is 5.53. The Hall–Kier alpha value is -1.56. The molecule has 0 spiro atoms. The molecule has 1 amide bonds. The smallest absolute Gasteiger partial charge is 0.339 e. The van der Waals surface area contributed by atoms with Crippen LogP contribution in [0, 0.1) is 0 Å². The average Bonchev–Trinajstić information content (AvgIpc) is 2.41. The highest BCUT2D eigenvalue weighted by atomic mass is 19.4. The van der Waals surface area contributed by atoms with E-state index in [1.165, 1.54) is 16.8 Å². The van der Waals surface area contributed by atoms with Crippen LogP contribution in [0.2, 0.25) is 0 Å². The maximum absolute atomic E-state index is 13.0. The largest absolute Gasteiger partial charge is 0.405 e. The molecule has 1 saturated heterocycles. The van der Waals surface area contributed by atoms with Crippen molar-refractivity contribution in [2.24, 2.45) is 0 Å². The summed E-state index contributed by atoms with van der Waals surface area (Å²) in [6.45, 7) is 1.74. The van der Waals surface area contributed by atoms with Crippen LogP contribution in [-0.2, 0) is 11.2 Å². The number of rotatable bonds is 2. The summed E-state index contributed by atoms with van der Waals surface area (Å²) >= 11 is 0. The quantitative estimate of drug-likeness (QED) is 0.837. The Kier molecular flexibility index (Phi) is 4.56. The molecule has 2 unspecified atom stereocenters. The van der Waals surface area contributed by atoms with E-state index in [4.69, 9.17) is 0 Å². The van der Waals surface area contributed by atoms with E-state index in [9.17, 15) is 18.0 Å². The summed E-state index contributed by atoms with van der Waals surface area (Å²) in [5, 5.41) is 0. The lowest BCUT2D eigenvalue weighted by molar-refractivity contribution is -0.200. The molecule has 6 heteroatoms. The summed E-state index contributed by atoms with van der Waals surface area (Å²) in [6.07, 6.45) is -4.18. The first-order valence-corrected chi connectivity index (χ1v) is 6.89. The highest BCUT2D eigenvalue weighted by Gasteiger charge is 2.47. The Bertz CT molecular complexity index is 489. The van der Waals surface area contributed by atoms with Gasteiger partial charge in [0.2, 0.25) is 5.91 Å². The number of carbonyl (C=O) groups excluding carboxylic acids is 1. The molecule has 2 rings (SSSR count). The number of carbonyl (C=O) groups is 1. The summed E-state index contributed by atoms with van der Waals surface area (Å²) in [5.41, 5.74) is 0.817. The number of halogens is 3. The van der Waals surface area contributed by atoms with Gasteiger partial charge in [-0.15, -0.1) is 0 Å². The molecular formula is C15H19F3N2O. The summed E-state index contributed by atoms with van der Waals surface area (Å²) in [4.78, 5) is 14.9. The fourth-order valence-electron chi connectivity index (χ4n) is 2.59. The number of likely N-dealkylation sites (N-methyl/N-ethyl adjacent to an activating group) is 1. The summed E-state index contributed by atoms with van der Waals surface area (Å²) in [7, 11) is 1.46. The van der Waals surface area contributed by atoms with Crippen molar-refractivity contribution in [3.8, 4) is 0 Å². The molecule has 1 fully saturated rings. The van der Waals surface area contributed by atoms with Crippen molar-refractivity contribution in [1.29, 1.82) is 0 Å². The Balaban J connectivity index is 2.08. The minimum Gasteiger partial charge on any atom is -0.339 e. The van der Waals surface area contributed by atoms with Crippen molar-refractivity contribution in [3.63, 3.8) is 0 Å². The van der Waals surface area contributed by atoms with Gasteiger partial charge in [0.1, 0.15) is 6.04 Å². The van der Waals surface area contributed by atoms with Crippen molar-refractivity contribution >= 4 is 5.91 Å². The van der Waals surface area contributed by atoms with Gasteiger partial charge in [-0.1, -0.05) is 30.3 Å². The van der Waals surface area contributed by atoms with Gasteiger partial charge in [-0.2, -0.15) is 13.2 Å². The number of piperazine rings is 1. The second kappa shape index (κ2) is 6.05. The van der Waals surface area contributed by atoms with Crippen LogP contribution in [0.1, 0.15) is 12.5 Å². The minimum atomic E-state index is -4.32. The van der Waals surface area contributed by atoms with Crippen LogP contribution in [0.3, 0.4) is 0 Å². The van der Waals surface area contributed by atoms with E-state index in [0.29, 0.717) is 6.54 Å². The number of hydrogen-bond acceptors (Lipinski definition) is 2. The third-order valence-corrected chi connectivity index (χ3v) is 3.99. The van der Waals surface area contributed by atoms with Crippen LogP contribution >= 0.6 is 0 Å². The van der Waals surface area contributed by atoms with Gasteiger partial charge in [-0.25, -0.2) is 0 Å². The van der Waals surface area contributed by atoms with E-state index >= 15 is 0 Å². The van der Waals surface area contributed by atoms with Gasteiger partial charge in [-0.3, -0.25) is 9.69 Å². The predicted octanol–water partition coefficient (Wildman–Crippen LogP) is 2.32. The average molecular weight is 300 g/mol. The topological polar surface area (TPSA) is 23.6 Å². The van der Waals surface area contributed by atoms with E-state index in [0.717, 1.165) is 5.56 Å². The standard InChI is InChI=1S/C15H19F3N2O/c1-11-9-20(10-13(19(11)2)15(16,17)18)14(21)8-12-6-4-3-5-7-12/h3-7,11,13H,8-10H2,1-2H3. The van der Waals surface area contributed by atoms with Crippen LogP contribution < -0.4 is 0 Å². The number of nitrogens with zero attached hydrogens (tertiary/aromatic N) is 2. The molecule has 1 heterocycles. The molecule has 0 aliphatic carbocycles.